The number of ketones is 1. The highest BCUT2D eigenvalue weighted by atomic mass is 32.2. The topological polar surface area (TPSA) is 72.8 Å². The number of carbonyl (C=O) groups excluding carboxylic acids is 1. The molecule has 1 aromatic rings. The number of ether oxygens (including phenoxy) is 2. The molecule has 1 atom stereocenters. The summed E-state index contributed by atoms with van der Waals surface area (Å²) in [4.78, 5) is 22.2. The van der Waals surface area contributed by atoms with Crippen LogP contribution in [0.5, 0.6) is 11.5 Å². The molecule has 0 bridgehead atoms. The highest BCUT2D eigenvalue weighted by Gasteiger charge is 2.20. The van der Waals surface area contributed by atoms with E-state index in [1.54, 1.807) is 6.07 Å². The summed E-state index contributed by atoms with van der Waals surface area (Å²) in [5, 5.41) is 8.75. The van der Waals surface area contributed by atoms with Crippen LogP contribution in [0.2, 0.25) is 0 Å². The van der Waals surface area contributed by atoms with Gasteiger partial charge >= 0.3 is 5.97 Å². The number of carboxylic acid groups (broad SMARTS) is 1. The number of aliphatic carboxylic acids is 1. The molecule has 1 saturated heterocycles. The molecule has 108 valence electrons. The third kappa shape index (κ3) is 3.45. The minimum Gasteiger partial charge on any atom is -0.493 e. The predicted molar refractivity (Wildman–Crippen MR) is 75.9 cm³/mol. The van der Waals surface area contributed by atoms with E-state index in [1.807, 2.05) is 11.8 Å². The number of carbonyl (C=O) groups is 2. The molecule has 0 saturated carbocycles. The maximum absolute atomic E-state index is 11.5. The molecule has 6 heteroatoms. The summed E-state index contributed by atoms with van der Waals surface area (Å²) < 4.78 is 11.0. The van der Waals surface area contributed by atoms with Crippen molar-refractivity contribution in [3.05, 3.63) is 23.8 Å². The van der Waals surface area contributed by atoms with Gasteiger partial charge in [-0.05, 0) is 36.8 Å². The molecule has 1 aliphatic heterocycles. The van der Waals surface area contributed by atoms with Gasteiger partial charge in [-0.1, -0.05) is 0 Å². The van der Waals surface area contributed by atoms with Gasteiger partial charge in [0.2, 0.25) is 0 Å². The van der Waals surface area contributed by atoms with Crippen LogP contribution in [0.25, 0.3) is 0 Å². The third-order valence-corrected chi connectivity index (χ3v) is 4.22. The molecule has 5 nitrogen and oxygen atoms in total. The number of rotatable bonds is 5. The number of benzene rings is 1. The van der Waals surface area contributed by atoms with Gasteiger partial charge in [-0.2, -0.15) is 11.8 Å². The summed E-state index contributed by atoms with van der Waals surface area (Å²) in [5.41, 5.74) is 0.0942. The number of thioether (sulfide) groups is 1. The molecular formula is C14H16O5S. The lowest BCUT2D eigenvalue weighted by molar-refractivity contribution is -0.131. The van der Waals surface area contributed by atoms with E-state index in [0.717, 1.165) is 24.3 Å². The van der Waals surface area contributed by atoms with E-state index >= 15 is 0 Å². The SMILES string of the molecule is COc1ccc(C(=O)C(=O)O)cc1OC1CCCSC1. The molecule has 1 aliphatic rings. The number of methoxy groups -OCH3 is 1. The third-order valence-electron chi connectivity index (χ3n) is 3.03. The first-order chi connectivity index (χ1) is 9.61. The molecule has 2 rings (SSSR count). The second-order valence-corrected chi connectivity index (χ2v) is 5.61. The summed E-state index contributed by atoms with van der Waals surface area (Å²) >= 11 is 1.82. The Balaban J connectivity index is 2.21. The molecule has 0 radical (unpaired) electrons. The van der Waals surface area contributed by atoms with Crippen molar-refractivity contribution in [3.8, 4) is 11.5 Å². The first kappa shape index (κ1) is 14.7. The van der Waals surface area contributed by atoms with Crippen molar-refractivity contribution in [1.29, 1.82) is 0 Å². The Hall–Kier alpha value is -1.69. The molecule has 0 aromatic heterocycles. The van der Waals surface area contributed by atoms with E-state index < -0.39 is 11.8 Å². The lowest BCUT2D eigenvalue weighted by Gasteiger charge is -2.23. The van der Waals surface area contributed by atoms with Gasteiger partial charge < -0.3 is 14.6 Å². The van der Waals surface area contributed by atoms with E-state index in [1.165, 1.54) is 19.2 Å². The maximum atomic E-state index is 11.5. The molecule has 1 aromatic carbocycles. The molecular weight excluding hydrogens is 280 g/mol. The zero-order valence-corrected chi connectivity index (χ0v) is 11.9. The molecule has 0 spiro atoms. The van der Waals surface area contributed by atoms with Crippen LogP contribution in [0.3, 0.4) is 0 Å². The average Bonchev–Trinajstić information content (AvgIpc) is 2.47. The van der Waals surface area contributed by atoms with Crippen molar-refractivity contribution in [1.82, 2.24) is 0 Å². The van der Waals surface area contributed by atoms with Gasteiger partial charge in [0.25, 0.3) is 5.78 Å². The van der Waals surface area contributed by atoms with Gasteiger partial charge in [-0.3, -0.25) is 4.79 Å². The smallest absolute Gasteiger partial charge is 0.377 e. The fraction of sp³-hybridized carbons (Fsp3) is 0.429. The zero-order valence-electron chi connectivity index (χ0n) is 11.1. The summed E-state index contributed by atoms with van der Waals surface area (Å²) in [7, 11) is 1.51. The number of carboxylic acids is 1. The fourth-order valence-corrected chi connectivity index (χ4v) is 3.05. The number of hydrogen-bond acceptors (Lipinski definition) is 5. The lowest BCUT2D eigenvalue weighted by Crippen LogP contribution is -2.23. The fourth-order valence-electron chi connectivity index (χ4n) is 2.02. The first-order valence-electron chi connectivity index (χ1n) is 6.32. The molecule has 20 heavy (non-hydrogen) atoms. The van der Waals surface area contributed by atoms with E-state index in [-0.39, 0.29) is 11.7 Å². The Morgan fingerprint density at radius 1 is 1.35 bits per heavy atom. The standard InChI is InChI=1S/C14H16O5S/c1-18-11-5-4-9(13(15)14(16)17)7-12(11)19-10-3-2-6-20-8-10/h4-5,7,10H,2-3,6,8H2,1H3,(H,16,17). The van der Waals surface area contributed by atoms with E-state index in [9.17, 15) is 9.59 Å². The molecule has 1 fully saturated rings. The Labute approximate surface area is 121 Å². The second kappa shape index (κ2) is 6.65. The van der Waals surface area contributed by atoms with Gasteiger partial charge in [0.05, 0.1) is 7.11 Å². The van der Waals surface area contributed by atoms with Crippen LogP contribution in [0.1, 0.15) is 23.2 Å². The first-order valence-corrected chi connectivity index (χ1v) is 7.47. The largest absolute Gasteiger partial charge is 0.493 e. The van der Waals surface area contributed by atoms with E-state index in [4.69, 9.17) is 14.6 Å². The molecule has 1 N–H and O–H groups in total. The Kier molecular flexibility index (Phi) is 4.89. The van der Waals surface area contributed by atoms with Crippen LogP contribution in [-0.2, 0) is 4.79 Å². The molecule has 0 aliphatic carbocycles. The minimum atomic E-state index is -1.48. The summed E-state index contributed by atoms with van der Waals surface area (Å²) in [6.07, 6.45) is 2.11. The monoisotopic (exact) mass is 296 g/mol. The second-order valence-electron chi connectivity index (χ2n) is 4.46. The predicted octanol–water partition coefficient (Wildman–Crippen LogP) is 2.24. The molecule has 0 amide bonds. The van der Waals surface area contributed by atoms with Crippen molar-refractivity contribution >= 4 is 23.5 Å². The Bertz CT molecular complexity index is 508. The van der Waals surface area contributed by atoms with Crippen molar-refractivity contribution in [2.45, 2.75) is 18.9 Å². The Morgan fingerprint density at radius 2 is 2.15 bits per heavy atom. The van der Waals surface area contributed by atoms with Crippen LogP contribution in [0.15, 0.2) is 18.2 Å². The highest BCUT2D eigenvalue weighted by Crippen LogP contribution is 2.31. The number of hydrogen-bond donors (Lipinski definition) is 1. The summed E-state index contributed by atoms with van der Waals surface area (Å²) in [6, 6.07) is 4.42. The van der Waals surface area contributed by atoms with Gasteiger partial charge in [-0.15, -0.1) is 0 Å². The molecule has 1 heterocycles. The van der Waals surface area contributed by atoms with Crippen molar-refractivity contribution in [3.63, 3.8) is 0 Å². The van der Waals surface area contributed by atoms with Crippen molar-refractivity contribution in [2.75, 3.05) is 18.6 Å². The molecule has 1 unspecified atom stereocenters. The van der Waals surface area contributed by atoms with Crippen molar-refractivity contribution < 1.29 is 24.2 Å². The van der Waals surface area contributed by atoms with E-state index in [0.29, 0.717) is 11.5 Å². The average molecular weight is 296 g/mol. The quantitative estimate of drug-likeness (QED) is 0.663. The van der Waals surface area contributed by atoms with Crippen LogP contribution in [0, 0.1) is 0 Å². The zero-order chi connectivity index (χ0) is 14.5. The van der Waals surface area contributed by atoms with Gasteiger partial charge in [0, 0.05) is 11.3 Å². The number of Topliss-reactive ketones (excluding diaryl/α,β-unsaturated/α-hetero) is 1. The van der Waals surface area contributed by atoms with Crippen molar-refractivity contribution in [2.24, 2.45) is 0 Å². The van der Waals surface area contributed by atoms with Crippen LogP contribution >= 0.6 is 11.8 Å². The normalized spacial score (nSPS) is 18.4. The lowest BCUT2D eigenvalue weighted by atomic mass is 10.1. The van der Waals surface area contributed by atoms with Crippen LogP contribution < -0.4 is 9.47 Å². The minimum absolute atomic E-state index is 0.0674. The summed E-state index contributed by atoms with van der Waals surface area (Å²) in [6.45, 7) is 0. The summed E-state index contributed by atoms with van der Waals surface area (Å²) in [5.74, 6) is 0.522. The van der Waals surface area contributed by atoms with Gasteiger partial charge in [-0.25, -0.2) is 4.79 Å². The van der Waals surface area contributed by atoms with Gasteiger partial charge in [0.15, 0.2) is 11.5 Å². The van der Waals surface area contributed by atoms with Gasteiger partial charge in [0.1, 0.15) is 6.10 Å². The van der Waals surface area contributed by atoms with E-state index in [2.05, 4.69) is 0 Å². The van der Waals surface area contributed by atoms with Crippen LogP contribution in [0.4, 0.5) is 0 Å². The maximum Gasteiger partial charge on any atom is 0.377 e. The highest BCUT2D eigenvalue weighted by molar-refractivity contribution is 7.99. The Morgan fingerprint density at radius 3 is 2.75 bits per heavy atom. The van der Waals surface area contributed by atoms with Crippen LogP contribution in [-0.4, -0.2) is 41.6 Å².